The summed E-state index contributed by atoms with van der Waals surface area (Å²) in [6.45, 7) is 7.17. The number of carbonyl (C=O) groups is 1. The summed E-state index contributed by atoms with van der Waals surface area (Å²) in [4.78, 5) is 9.00. The van der Waals surface area contributed by atoms with Crippen LogP contribution in [0.15, 0.2) is 24.0 Å². The zero-order valence-electron chi connectivity index (χ0n) is 6.15. The van der Waals surface area contributed by atoms with Gasteiger partial charge in [-0.25, -0.2) is 8.42 Å². The van der Waals surface area contributed by atoms with Gasteiger partial charge in [-0.15, -0.1) is 0 Å². The smallest absolute Gasteiger partial charge is 0.300 e. The molecule has 0 aliphatic carbocycles. The number of hydrogen-bond donors (Lipinski definition) is 1. The highest BCUT2D eigenvalue weighted by atomic mass is 32.2. The molecule has 0 saturated heterocycles. The third kappa shape index (κ3) is 17.6. The molecule has 0 heterocycles. The summed E-state index contributed by atoms with van der Waals surface area (Å²) in [6.07, 6.45) is 0. The van der Waals surface area contributed by atoms with E-state index in [1.54, 1.807) is 0 Å². The Morgan fingerprint density at radius 3 is 1.55 bits per heavy atom. The van der Waals surface area contributed by atoms with Gasteiger partial charge in [-0.05, 0) is 0 Å². The van der Waals surface area contributed by atoms with E-state index in [1.165, 1.54) is 0 Å². The molecule has 0 spiro atoms. The van der Waals surface area contributed by atoms with Crippen molar-refractivity contribution < 1.29 is 18.3 Å². The molecule has 64 valence electrons. The molecule has 0 rings (SSSR count). The van der Waals surface area contributed by atoms with Crippen molar-refractivity contribution >= 4 is 15.8 Å². The molecule has 0 aromatic rings. The van der Waals surface area contributed by atoms with Gasteiger partial charge >= 0.3 is 0 Å². The van der Waals surface area contributed by atoms with Gasteiger partial charge in [-0.2, -0.15) is 0 Å². The molecular formula is C6H10O4S. The molecule has 0 aromatic heterocycles. The van der Waals surface area contributed by atoms with Gasteiger partial charge in [0.2, 0.25) is 0 Å². The minimum Gasteiger partial charge on any atom is -0.481 e. The zero-order valence-corrected chi connectivity index (χ0v) is 6.97. The number of sulfone groups is 1. The number of aliphatic carboxylic acids is 1. The summed E-state index contributed by atoms with van der Waals surface area (Å²) in [5.41, 5.74) is 0. The van der Waals surface area contributed by atoms with Crippen LogP contribution in [0.25, 0.3) is 0 Å². The van der Waals surface area contributed by atoms with E-state index in [9.17, 15) is 8.42 Å². The largest absolute Gasteiger partial charge is 0.481 e. The molecule has 0 saturated carbocycles. The SMILES string of the molecule is C=CS(=O)(=O)C=C.CC(=O)O. The van der Waals surface area contributed by atoms with Crippen molar-refractivity contribution in [3.8, 4) is 0 Å². The highest BCUT2D eigenvalue weighted by Crippen LogP contribution is 1.87. The van der Waals surface area contributed by atoms with E-state index < -0.39 is 15.8 Å². The molecule has 0 fully saturated rings. The topological polar surface area (TPSA) is 71.4 Å². The average molecular weight is 178 g/mol. The maximum Gasteiger partial charge on any atom is 0.300 e. The maximum atomic E-state index is 10.1. The van der Waals surface area contributed by atoms with Crippen LogP contribution in [-0.2, 0) is 14.6 Å². The van der Waals surface area contributed by atoms with Gasteiger partial charge in [-0.1, -0.05) is 13.2 Å². The molecule has 0 amide bonds. The van der Waals surface area contributed by atoms with Crippen LogP contribution in [0.5, 0.6) is 0 Å². The molecule has 5 heteroatoms. The van der Waals surface area contributed by atoms with Crippen LogP contribution in [0.3, 0.4) is 0 Å². The summed E-state index contributed by atoms with van der Waals surface area (Å²) in [7, 11) is -3.13. The lowest BCUT2D eigenvalue weighted by Gasteiger charge is -1.78. The second-order valence-electron chi connectivity index (χ2n) is 1.44. The molecule has 0 unspecified atom stereocenters. The van der Waals surface area contributed by atoms with E-state index in [4.69, 9.17) is 9.90 Å². The Hall–Kier alpha value is -1.10. The summed E-state index contributed by atoms with van der Waals surface area (Å²) >= 11 is 0. The summed E-state index contributed by atoms with van der Waals surface area (Å²) in [5, 5.41) is 9.11. The Balaban J connectivity index is 0. The number of rotatable bonds is 2. The van der Waals surface area contributed by atoms with Gasteiger partial charge in [0.05, 0.1) is 0 Å². The second-order valence-corrected chi connectivity index (χ2v) is 3.29. The summed E-state index contributed by atoms with van der Waals surface area (Å²) < 4.78 is 20.3. The van der Waals surface area contributed by atoms with Crippen LogP contribution in [0, 0.1) is 0 Å². The van der Waals surface area contributed by atoms with Crippen molar-refractivity contribution in [3.05, 3.63) is 24.0 Å². The predicted molar refractivity (Wildman–Crippen MR) is 42.6 cm³/mol. The lowest BCUT2D eigenvalue weighted by molar-refractivity contribution is -0.134. The Labute approximate surface area is 65.8 Å². The van der Waals surface area contributed by atoms with E-state index in [2.05, 4.69) is 13.2 Å². The van der Waals surface area contributed by atoms with Crippen LogP contribution >= 0.6 is 0 Å². The summed E-state index contributed by atoms with van der Waals surface area (Å²) in [6, 6.07) is 0. The Morgan fingerprint density at radius 1 is 1.36 bits per heavy atom. The van der Waals surface area contributed by atoms with E-state index in [0.29, 0.717) is 0 Å². The fourth-order valence-electron chi connectivity index (χ4n) is 0.0680. The van der Waals surface area contributed by atoms with Gasteiger partial charge in [0.1, 0.15) is 0 Å². The average Bonchev–Trinajstić information content (AvgIpc) is 1.87. The number of carboxylic acids is 1. The van der Waals surface area contributed by atoms with E-state index >= 15 is 0 Å². The van der Waals surface area contributed by atoms with E-state index in [0.717, 1.165) is 17.7 Å². The van der Waals surface area contributed by atoms with E-state index in [-0.39, 0.29) is 0 Å². The van der Waals surface area contributed by atoms with Gasteiger partial charge in [0, 0.05) is 17.7 Å². The highest BCUT2D eigenvalue weighted by Gasteiger charge is 1.90. The van der Waals surface area contributed by atoms with Gasteiger partial charge in [0.15, 0.2) is 9.84 Å². The quantitative estimate of drug-likeness (QED) is 0.678. The fourth-order valence-corrected chi connectivity index (χ4v) is 0.204. The van der Waals surface area contributed by atoms with Crippen LogP contribution in [0.2, 0.25) is 0 Å². The molecule has 0 atom stereocenters. The van der Waals surface area contributed by atoms with Crippen LogP contribution in [-0.4, -0.2) is 19.5 Å². The third-order valence-electron chi connectivity index (χ3n) is 0.465. The normalized spacial score (nSPS) is 8.82. The predicted octanol–water partition coefficient (Wildman–Crippen LogP) is 0.779. The molecule has 4 nitrogen and oxygen atoms in total. The Bertz CT molecular complexity index is 219. The first-order valence-corrected chi connectivity index (χ1v) is 4.16. The van der Waals surface area contributed by atoms with Crippen molar-refractivity contribution in [3.63, 3.8) is 0 Å². The number of hydrogen-bond acceptors (Lipinski definition) is 3. The monoisotopic (exact) mass is 178 g/mol. The van der Waals surface area contributed by atoms with Crippen molar-refractivity contribution in [2.75, 3.05) is 0 Å². The van der Waals surface area contributed by atoms with Crippen LogP contribution < -0.4 is 0 Å². The van der Waals surface area contributed by atoms with Gasteiger partial charge in [0.25, 0.3) is 5.97 Å². The standard InChI is InChI=1S/C4H6O2S.C2H4O2/c1-3-7(5,6)4-2;1-2(3)4/h3-4H,1-2H2;1H3,(H,3,4). The fraction of sp³-hybridized carbons (Fsp3) is 0.167. The molecule has 0 bridgehead atoms. The molecule has 11 heavy (non-hydrogen) atoms. The van der Waals surface area contributed by atoms with Crippen LogP contribution in [0.4, 0.5) is 0 Å². The first-order chi connectivity index (χ1) is 4.85. The lowest BCUT2D eigenvalue weighted by atomic mass is 10.9. The minimum absolute atomic E-state index is 0.833. The lowest BCUT2D eigenvalue weighted by Crippen LogP contribution is -1.83. The second kappa shape index (κ2) is 5.67. The molecular weight excluding hydrogens is 168 g/mol. The van der Waals surface area contributed by atoms with Crippen molar-refractivity contribution in [1.29, 1.82) is 0 Å². The molecule has 1 N–H and O–H groups in total. The van der Waals surface area contributed by atoms with Crippen molar-refractivity contribution in [2.24, 2.45) is 0 Å². The molecule has 0 aliphatic rings. The van der Waals surface area contributed by atoms with Gasteiger partial charge < -0.3 is 5.11 Å². The third-order valence-corrected chi connectivity index (χ3v) is 1.39. The Morgan fingerprint density at radius 2 is 1.55 bits per heavy atom. The van der Waals surface area contributed by atoms with E-state index in [1.807, 2.05) is 0 Å². The van der Waals surface area contributed by atoms with Crippen molar-refractivity contribution in [1.82, 2.24) is 0 Å². The highest BCUT2D eigenvalue weighted by molar-refractivity contribution is 7.97. The van der Waals surface area contributed by atoms with Crippen molar-refractivity contribution in [2.45, 2.75) is 6.92 Å². The molecule has 0 radical (unpaired) electrons. The van der Waals surface area contributed by atoms with Gasteiger partial charge in [-0.3, -0.25) is 4.79 Å². The molecule has 0 aliphatic heterocycles. The van der Waals surface area contributed by atoms with Crippen LogP contribution in [0.1, 0.15) is 6.92 Å². The first kappa shape index (κ1) is 12.6. The minimum atomic E-state index is -3.13. The Kier molecular flexibility index (Phi) is 6.47. The number of carboxylic acid groups (broad SMARTS) is 1. The zero-order chi connectivity index (χ0) is 9.49. The summed E-state index contributed by atoms with van der Waals surface area (Å²) in [5.74, 6) is -0.833. The molecule has 0 aromatic carbocycles. The first-order valence-electron chi connectivity index (χ1n) is 2.55. The maximum absolute atomic E-state index is 10.1.